The third-order valence-corrected chi connectivity index (χ3v) is 2.15. The summed E-state index contributed by atoms with van der Waals surface area (Å²) in [7, 11) is 1.61. The number of rotatable bonds is 3. The number of nitrogens with zero attached hydrogens (tertiary/aromatic N) is 1. The SMILES string of the molecule is COc1cccc(Oc2cnc(=S)[nH]c2)c1. The van der Waals surface area contributed by atoms with Crippen LogP contribution in [0.15, 0.2) is 36.7 Å². The molecule has 0 saturated heterocycles. The molecule has 0 aliphatic heterocycles. The van der Waals surface area contributed by atoms with Crippen LogP contribution in [0.25, 0.3) is 0 Å². The van der Waals surface area contributed by atoms with Crippen molar-refractivity contribution >= 4 is 12.2 Å². The average molecular weight is 234 g/mol. The van der Waals surface area contributed by atoms with E-state index in [1.165, 1.54) is 0 Å². The van der Waals surface area contributed by atoms with Crippen molar-refractivity contribution in [2.24, 2.45) is 0 Å². The summed E-state index contributed by atoms with van der Waals surface area (Å²) in [6.07, 6.45) is 3.23. The molecule has 0 fully saturated rings. The molecular weight excluding hydrogens is 224 g/mol. The monoisotopic (exact) mass is 234 g/mol. The van der Waals surface area contributed by atoms with Crippen LogP contribution >= 0.6 is 12.2 Å². The summed E-state index contributed by atoms with van der Waals surface area (Å²) >= 11 is 4.83. The Hall–Kier alpha value is -1.88. The quantitative estimate of drug-likeness (QED) is 0.829. The predicted octanol–water partition coefficient (Wildman–Crippen LogP) is 2.94. The molecule has 0 bridgehead atoms. The van der Waals surface area contributed by atoms with Gasteiger partial charge in [0.25, 0.3) is 0 Å². The van der Waals surface area contributed by atoms with Crippen molar-refractivity contribution in [1.29, 1.82) is 0 Å². The van der Waals surface area contributed by atoms with E-state index in [2.05, 4.69) is 9.97 Å². The van der Waals surface area contributed by atoms with Crippen LogP contribution in [0.2, 0.25) is 0 Å². The summed E-state index contributed by atoms with van der Waals surface area (Å²) in [6.45, 7) is 0. The van der Waals surface area contributed by atoms with Crippen molar-refractivity contribution in [2.75, 3.05) is 7.11 Å². The number of methoxy groups -OCH3 is 1. The van der Waals surface area contributed by atoms with E-state index in [1.54, 1.807) is 25.6 Å². The molecule has 4 nitrogen and oxygen atoms in total. The highest BCUT2D eigenvalue weighted by atomic mass is 32.1. The first-order valence-corrected chi connectivity index (χ1v) is 5.05. The van der Waals surface area contributed by atoms with Gasteiger partial charge in [-0.1, -0.05) is 6.07 Å². The summed E-state index contributed by atoms with van der Waals surface area (Å²) in [6, 6.07) is 7.34. The van der Waals surface area contributed by atoms with Crippen LogP contribution < -0.4 is 9.47 Å². The Morgan fingerprint density at radius 3 is 2.75 bits per heavy atom. The van der Waals surface area contributed by atoms with Gasteiger partial charge >= 0.3 is 0 Å². The van der Waals surface area contributed by atoms with E-state index < -0.39 is 0 Å². The number of nitrogens with one attached hydrogen (secondary N) is 1. The summed E-state index contributed by atoms with van der Waals surface area (Å²) in [5.41, 5.74) is 0. The van der Waals surface area contributed by atoms with Crippen LogP contribution in [0.1, 0.15) is 0 Å². The molecule has 0 aliphatic rings. The maximum atomic E-state index is 5.56. The zero-order valence-corrected chi connectivity index (χ0v) is 9.45. The van der Waals surface area contributed by atoms with Crippen LogP contribution in [0, 0.1) is 4.77 Å². The first-order chi connectivity index (χ1) is 7.78. The molecule has 0 atom stereocenters. The van der Waals surface area contributed by atoms with E-state index in [-0.39, 0.29) is 0 Å². The minimum absolute atomic E-state index is 0.429. The highest BCUT2D eigenvalue weighted by molar-refractivity contribution is 7.71. The molecule has 1 heterocycles. The van der Waals surface area contributed by atoms with Gasteiger partial charge in [-0.25, -0.2) is 4.98 Å². The minimum atomic E-state index is 0.429. The first kappa shape index (κ1) is 10.6. The third kappa shape index (κ3) is 2.58. The molecule has 1 aromatic carbocycles. The zero-order valence-electron chi connectivity index (χ0n) is 8.64. The third-order valence-electron chi connectivity index (χ3n) is 1.92. The fraction of sp³-hybridized carbons (Fsp3) is 0.0909. The van der Waals surface area contributed by atoms with Gasteiger partial charge in [-0.05, 0) is 24.4 Å². The van der Waals surface area contributed by atoms with Gasteiger partial charge in [0.1, 0.15) is 11.5 Å². The predicted molar refractivity (Wildman–Crippen MR) is 62.5 cm³/mol. The fourth-order valence-electron chi connectivity index (χ4n) is 1.19. The lowest BCUT2D eigenvalue weighted by Gasteiger charge is -2.06. The standard InChI is InChI=1S/C11H10N2O2S/c1-14-8-3-2-4-9(5-8)15-10-6-12-11(16)13-7-10/h2-7H,1H3,(H,12,13,16). The molecule has 0 aliphatic carbocycles. The van der Waals surface area contributed by atoms with Gasteiger partial charge in [0.2, 0.25) is 0 Å². The lowest BCUT2D eigenvalue weighted by atomic mass is 10.3. The summed E-state index contributed by atoms with van der Waals surface area (Å²) in [4.78, 5) is 6.72. The van der Waals surface area contributed by atoms with Crippen molar-refractivity contribution in [3.8, 4) is 17.2 Å². The van der Waals surface area contributed by atoms with E-state index in [9.17, 15) is 0 Å². The van der Waals surface area contributed by atoms with Crippen molar-refractivity contribution in [3.63, 3.8) is 0 Å². The van der Waals surface area contributed by atoms with Crippen molar-refractivity contribution < 1.29 is 9.47 Å². The van der Waals surface area contributed by atoms with Crippen molar-refractivity contribution in [1.82, 2.24) is 9.97 Å². The van der Waals surface area contributed by atoms with E-state index in [1.807, 2.05) is 18.2 Å². The highest BCUT2D eigenvalue weighted by Crippen LogP contribution is 2.23. The second-order valence-corrected chi connectivity index (χ2v) is 3.42. The number of aromatic nitrogens is 2. The molecule has 0 spiro atoms. The number of hydrogen-bond donors (Lipinski definition) is 1. The molecule has 0 radical (unpaired) electrons. The van der Waals surface area contributed by atoms with E-state index in [0.717, 1.165) is 5.75 Å². The number of ether oxygens (including phenoxy) is 2. The Morgan fingerprint density at radius 2 is 2.06 bits per heavy atom. The molecule has 2 rings (SSSR count). The number of aromatic amines is 1. The number of hydrogen-bond acceptors (Lipinski definition) is 4. The van der Waals surface area contributed by atoms with Crippen LogP contribution in [0.4, 0.5) is 0 Å². The smallest absolute Gasteiger partial charge is 0.196 e. The van der Waals surface area contributed by atoms with Crippen molar-refractivity contribution in [2.45, 2.75) is 0 Å². The van der Waals surface area contributed by atoms with Crippen molar-refractivity contribution in [3.05, 3.63) is 41.4 Å². The Kier molecular flexibility index (Phi) is 3.16. The van der Waals surface area contributed by atoms with Crippen LogP contribution in [-0.2, 0) is 0 Å². The largest absolute Gasteiger partial charge is 0.497 e. The molecule has 0 amide bonds. The minimum Gasteiger partial charge on any atom is -0.497 e. The summed E-state index contributed by atoms with van der Waals surface area (Å²) in [5.74, 6) is 2.03. The summed E-state index contributed by atoms with van der Waals surface area (Å²) < 4.78 is 11.1. The Labute approximate surface area is 97.9 Å². The molecule has 5 heteroatoms. The lowest BCUT2D eigenvalue weighted by Crippen LogP contribution is -1.88. The van der Waals surface area contributed by atoms with E-state index in [0.29, 0.717) is 16.3 Å². The molecule has 82 valence electrons. The van der Waals surface area contributed by atoms with E-state index in [4.69, 9.17) is 21.7 Å². The normalized spacial score (nSPS) is 9.81. The van der Waals surface area contributed by atoms with Crippen LogP contribution in [0.3, 0.4) is 0 Å². The van der Waals surface area contributed by atoms with Gasteiger partial charge in [-0.3, -0.25) is 0 Å². The molecule has 0 unspecified atom stereocenters. The first-order valence-electron chi connectivity index (χ1n) is 4.64. The molecular formula is C11H10N2O2S. The second-order valence-electron chi connectivity index (χ2n) is 3.04. The van der Waals surface area contributed by atoms with E-state index >= 15 is 0 Å². The molecule has 1 N–H and O–H groups in total. The maximum Gasteiger partial charge on any atom is 0.196 e. The van der Waals surface area contributed by atoms with Gasteiger partial charge in [-0.15, -0.1) is 0 Å². The second kappa shape index (κ2) is 4.76. The van der Waals surface area contributed by atoms with Crippen LogP contribution in [-0.4, -0.2) is 17.1 Å². The number of benzene rings is 1. The maximum absolute atomic E-state index is 5.56. The molecule has 1 aromatic heterocycles. The van der Waals surface area contributed by atoms with Crippen LogP contribution in [0.5, 0.6) is 17.2 Å². The Bertz CT molecular complexity index is 519. The fourth-order valence-corrected chi connectivity index (χ4v) is 1.30. The van der Waals surface area contributed by atoms with Gasteiger partial charge < -0.3 is 14.5 Å². The zero-order chi connectivity index (χ0) is 11.4. The Balaban J connectivity index is 2.20. The molecule has 0 saturated carbocycles. The average Bonchev–Trinajstić information content (AvgIpc) is 2.32. The lowest BCUT2D eigenvalue weighted by molar-refractivity contribution is 0.408. The van der Waals surface area contributed by atoms with Gasteiger partial charge in [0, 0.05) is 12.3 Å². The highest BCUT2D eigenvalue weighted by Gasteiger charge is 1.98. The number of H-pyrrole nitrogens is 1. The summed E-state index contributed by atoms with van der Waals surface area (Å²) in [5, 5.41) is 0. The topological polar surface area (TPSA) is 47.1 Å². The molecule has 16 heavy (non-hydrogen) atoms. The Morgan fingerprint density at radius 1 is 1.25 bits per heavy atom. The van der Waals surface area contributed by atoms with Gasteiger partial charge in [-0.2, -0.15) is 0 Å². The molecule has 2 aromatic rings. The van der Waals surface area contributed by atoms with Gasteiger partial charge in [0.05, 0.1) is 13.3 Å². The van der Waals surface area contributed by atoms with Gasteiger partial charge in [0.15, 0.2) is 10.5 Å².